The Balaban J connectivity index is 1.43. The molecule has 0 radical (unpaired) electrons. The Morgan fingerprint density at radius 3 is 1.76 bits per heavy atom. The fourth-order valence-corrected chi connectivity index (χ4v) is 6.11. The molecule has 0 bridgehead atoms. The van der Waals surface area contributed by atoms with Crippen LogP contribution in [0.2, 0.25) is 0 Å². The average Bonchev–Trinajstić information content (AvgIpc) is 3.47. The molecule has 1 aliphatic rings. The monoisotopic (exact) mass is 497 g/mol. The molecule has 0 amide bonds. The first-order chi connectivity index (χ1) is 16.7. The predicted molar refractivity (Wildman–Crippen MR) is 143 cm³/mol. The molecule has 0 spiro atoms. The van der Waals surface area contributed by atoms with Gasteiger partial charge < -0.3 is 19.3 Å². The summed E-state index contributed by atoms with van der Waals surface area (Å²) >= 11 is 3.45. The van der Waals surface area contributed by atoms with Gasteiger partial charge in [0.1, 0.15) is 11.5 Å². The Hall–Kier alpha value is -2.62. The number of aromatic nitrogens is 2. The summed E-state index contributed by atoms with van der Waals surface area (Å²) in [7, 11) is 0. The number of fused-ring (bicyclic) bond motifs is 2. The fourth-order valence-electron chi connectivity index (χ4n) is 4.16. The molecule has 0 unspecified atom stereocenters. The van der Waals surface area contributed by atoms with Crippen molar-refractivity contribution in [3.8, 4) is 11.5 Å². The summed E-state index contributed by atoms with van der Waals surface area (Å²) in [6, 6.07) is 12.3. The number of unbranched alkanes of at least 4 members (excludes halogenated alkanes) is 1. The molecule has 0 atom stereocenters. The van der Waals surface area contributed by atoms with E-state index in [1.54, 1.807) is 22.7 Å². The highest BCUT2D eigenvalue weighted by atomic mass is 32.1. The van der Waals surface area contributed by atoms with Gasteiger partial charge in [0.2, 0.25) is 0 Å². The first-order valence-electron chi connectivity index (χ1n) is 12.0. The van der Waals surface area contributed by atoms with Gasteiger partial charge in [0.15, 0.2) is 10.3 Å². The zero-order chi connectivity index (χ0) is 23.5. The van der Waals surface area contributed by atoms with Crippen molar-refractivity contribution in [1.29, 1.82) is 0 Å². The predicted octanol–water partition coefficient (Wildman–Crippen LogP) is 6.00. The van der Waals surface area contributed by atoms with Gasteiger partial charge in [-0.25, -0.2) is 9.97 Å². The zero-order valence-electron chi connectivity index (χ0n) is 20.0. The third-order valence-electron chi connectivity index (χ3n) is 5.77. The van der Waals surface area contributed by atoms with E-state index in [1.807, 2.05) is 26.0 Å². The van der Waals surface area contributed by atoms with Crippen LogP contribution in [0.1, 0.15) is 33.6 Å². The normalized spacial score (nSPS) is 14.9. The van der Waals surface area contributed by atoms with Crippen molar-refractivity contribution in [2.24, 2.45) is 0 Å². The van der Waals surface area contributed by atoms with Crippen LogP contribution in [0.5, 0.6) is 11.5 Å². The van der Waals surface area contributed by atoms with Crippen LogP contribution in [0.15, 0.2) is 36.4 Å². The SMILES string of the molecule is CCCCN1CN(c2nc3ccc(OCC)cc3s2)CN(c2nc3ccc(OCC)cc3s2)C1. The molecule has 5 rings (SSSR count). The van der Waals surface area contributed by atoms with E-state index < -0.39 is 0 Å². The molecule has 7 nitrogen and oxygen atoms in total. The van der Waals surface area contributed by atoms with Gasteiger partial charge in [-0.05, 0) is 56.7 Å². The van der Waals surface area contributed by atoms with Crippen LogP contribution in [0.3, 0.4) is 0 Å². The highest BCUT2D eigenvalue weighted by Gasteiger charge is 2.27. The van der Waals surface area contributed by atoms with Crippen molar-refractivity contribution in [1.82, 2.24) is 14.9 Å². The van der Waals surface area contributed by atoms with E-state index in [2.05, 4.69) is 45.9 Å². The van der Waals surface area contributed by atoms with E-state index in [9.17, 15) is 0 Å². The molecule has 9 heteroatoms. The van der Waals surface area contributed by atoms with Gasteiger partial charge in [0.05, 0.1) is 53.7 Å². The number of benzene rings is 2. The van der Waals surface area contributed by atoms with E-state index in [1.165, 1.54) is 12.8 Å². The van der Waals surface area contributed by atoms with Crippen LogP contribution in [-0.4, -0.2) is 54.6 Å². The minimum atomic E-state index is 0.666. The van der Waals surface area contributed by atoms with Gasteiger partial charge in [-0.15, -0.1) is 0 Å². The minimum Gasteiger partial charge on any atom is -0.494 e. The molecule has 1 saturated heterocycles. The molecule has 3 heterocycles. The summed E-state index contributed by atoms with van der Waals surface area (Å²) < 4.78 is 13.7. The van der Waals surface area contributed by atoms with Crippen LogP contribution in [0.4, 0.5) is 10.3 Å². The third-order valence-corrected chi connectivity index (χ3v) is 7.93. The maximum Gasteiger partial charge on any atom is 0.188 e. The largest absolute Gasteiger partial charge is 0.494 e. The summed E-state index contributed by atoms with van der Waals surface area (Å²) in [5.74, 6) is 1.80. The van der Waals surface area contributed by atoms with Gasteiger partial charge >= 0.3 is 0 Å². The lowest BCUT2D eigenvalue weighted by Gasteiger charge is -2.42. The van der Waals surface area contributed by atoms with E-state index in [-0.39, 0.29) is 0 Å². The van der Waals surface area contributed by atoms with Crippen LogP contribution in [0, 0.1) is 0 Å². The highest BCUT2D eigenvalue weighted by Crippen LogP contribution is 2.36. The van der Waals surface area contributed by atoms with Crippen molar-refractivity contribution in [2.75, 3.05) is 49.6 Å². The number of nitrogens with zero attached hydrogens (tertiary/aromatic N) is 5. The zero-order valence-corrected chi connectivity index (χ0v) is 21.6. The average molecular weight is 498 g/mol. The summed E-state index contributed by atoms with van der Waals surface area (Å²) in [5.41, 5.74) is 2.04. The molecule has 180 valence electrons. The number of hydrogen-bond donors (Lipinski definition) is 0. The molecule has 0 aliphatic carbocycles. The van der Waals surface area contributed by atoms with E-state index >= 15 is 0 Å². The van der Waals surface area contributed by atoms with Crippen LogP contribution < -0.4 is 19.3 Å². The van der Waals surface area contributed by atoms with Gasteiger partial charge in [-0.3, -0.25) is 4.90 Å². The molecule has 0 saturated carbocycles. The molecule has 0 N–H and O–H groups in total. The first-order valence-corrected chi connectivity index (χ1v) is 13.6. The Kier molecular flexibility index (Phi) is 7.03. The van der Waals surface area contributed by atoms with Crippen LogP contribution >= 0.6 is 22.7 Å². The standard InChI is InChI=1S/C25H31N5O2S2/c1-4-7-12-28-15-29(24-26-20-10-8-18(31-5-2)13-22(20)33-24)17-30(16-28)25-27-21-11-9-19(32-6-3)14-23(21)34-25/h8-11,13-14H,4-7,12,15-17H2,1-3H3. The summed E-state index contributed by atoms with van der Waals surface area (Å²) in [6.07, 6.45) is 2.36. The van der Waals surface area contributed by atoms with Gasteiger partial charge in [-0.2, -0.15) is 0 Å². The lowest BCUT2D eigenvalue weighted by atomic mass is 10.3. The van der Waals surface area contributed by atoms with E-state index in [0.717, 1.165) is 68.7 Å². The van der Waals surface area contributed by atoms with Gasteiger partial charge in [-0.1, -0.05) is 36.0 Å². The molecule has 1 fully saturated rings. The van der Waals surface area contributed by atoms with Crippen LogP contribution in [-0.2, 0) is 0 Å². The van der Waals surface area contributed by atoms with Crippen molar-refractivity contribution in [3.63, 3.8) is 0 Å². The molecule has 34 heavy (non-hydrogen) atoms. The summed E-state index contributed by atoms with van der Waals surface area (Å²) in [4.78, 5) is 17.1. The molecule has 4 aromatic rings. The number of anilines is 2. The highest BCUT2D eigenvalue weighted by molar-refractivity contribution is 7.22. The molecular formula is C25H31N5O2S2. The Morgan fingerprint density at radius 1 is 0.765 bits per heavy atom. The minimum absolute atomic E-state index is 0.666. The van der Waals surface area contributed by atoms with E-state index in [4.69, 9.17) is 19.4 Å². The van der Waals surface area contributed by atoms with Crippen molar-refractivity contribution in [3.05, 3.63) is 36.4 Å². The smallest absolute Gasteiger partial charge is 0.188 e. The second-order valence-electron chi connectivity index (χ2n) is 8.37. The maximum atomic E-state index is 5.69. The lowest BCUT2D eigenvalue weighted by molar-refractivity contribution is 0.238. The second-order valence-corrected chi connectivity index (χ2v) is 10.4. The molecule has 2 aromatic carbocycles. The topological polar surface area (TPSA) is 54.0 Å². The number of thiazole rings is 2. The van der Waals surface area contributed by atoms with E-state index in [0.29, 0.717) is 13.2 Å². The fraction of sp³-hybridized carbons (Fsp3) is 0.440. The second kappa shape index (κ2) is 10.3. The van der Waals surface area contributed by atoms with Crippen LogP contribution in [0.25, 0.3) is 20.4 Å². The quantitative estimate of drug-likeness (QED) is 0.281. The summed E-state index contributed by atoms with van der Waals surface area (Å²) in [5, 5.41) is 2.07. The third kappa shape index (κ3) is 4.92. The van der Waals surface area contributed by atoms with Crippen molar-refractivity contribution < 1.29 is 9.47 Å². The Morgan fingerprint density at radius 2 is 1.29 bits per heavy atom. The van der Waals surface area contributed by atoms with Gasteiger partial charge in [0.25, 0.3) is 0 Å². The summed E-state index contributed by atoms with van der Waals surface area (Å²) in [6.45, 7) is 11.2. The van der Waals surface area contributed by atoms with Crippen molar-refractivity contribution in [2.45, 2.75) is 33.6 Å². The number of ether oxygens (including phenoxy) is 2. The van der Waals surface area contributed by atoms with Crippen molar-refractivity contribution >= 4 is 53.4 Å². The molecule has 2 aromatic heterocycles. The molecular weight excluding hydrogens is 466 g/mol. The Bertz CT molecular complexity index is 1160. The number of rotatable bonds is 9. The first kappa shape index (κ1) is 23.1. The van der Waals surface area contributed by atoms with Gasteiger partial charge in [0, 0.05) is 6.54 Å². The Labute approximate surface area is 208 Å². The molecule has 1 aliphatic heterocycles. The lowest BCUT2D eigenvalue weighted by Crippen LogP contribution is -2.55. The maximum absolute atomic E-state index is 5.69. The number of hydrogen-bond acceptors (Lipinski definition) is 9.